The smallest absolute Gasteiger partial charge is 0.332 e. The molecule has 1 rings (SSSR count). The second-order valence-electron chi connectivity index (χ2n) is 4.14. The van der Waals surface area contributed by atoms with E-state index >= 15 is 0 Å². The van der Waals surface area contributed by atoms with Crippen molar-refractivity contribution in [3.05, 3.63) is 28.7 Å². The second kappa shape index (κ2) is 10.6. The van der Waals surface area contributed by atoms with Gasteiger partial charge in [0, 0.05) is 11.1 Å². The lowest BCUT2D eigenvalue weighted by Crippen LogP contribution is -2.45. The van der Waals surface area contributed by atoms with Gasteiger partial charge in [-0.2, -0.15) is 0 Å². The number of hydrazine groups is 1. The predicted octanol–water partition coefficient (Wildman–Crippen LogP) is 0.555. The van der Waals surface area contributed by atoms with Gasteiger partial charge in [0.1, 0.15) is 12.4 Å². The Kier molecular flexibility index (Phi) is 8.70. The molecule has 23 heavy (non-hydrogen) atoms. The van der Waals surface area contributed by atoms with Gasteiger partial charge in [0.25, 0.3) is 11.8 Å². The van der Waals surface area contributed by atoms with E-state index in [1.165, 1.54) is 0 Å². The van der Waals surface area contributed by atoms with Crippen molar-refractivity contribution in [1.82, 2.24) is 10.9 Å². The molecule has 0 fully saturated rings. The Bertz CT molecular complexity index is 535. The molecule has 1 aromatic rings. The third-order valence-corrected chi connectivity index (χ3v) is 2.84. The van der Waals surface area contributed by atoms with Crippen molar-refractivity contribution < 1.29 is 28.6 Å². The van der Waals surface area contributed by atoms with Crippen molar-refractivity contribution in [3.8, 4) is 5.75 Å². The summed E-state index contributed by atoms with van der Waals surface area (Å²) in [6.07, 6.45) is 0. The highest BCUT2D eigenvalue weighted by atomic mass is 79.9. The summed E-state index contributed by atoms with van der Waals surface area (Å²) in [5.41, 5.74) is 4.23. The molecule has 0 aliphatic carbocycles. The first-order valence-corrected chi connectivity index (χ1v) is 7.50. The maximum absolute atomic E-state index is 11.5. The van der Waals surface area contributed by atoms with Gasteiger partial charge in [-0.25, -0.2) is 4.79 Å². The molecule has 0 radical (unpaired) electrons. The van der Waals surface area contributed by atoms with Crippen LogP contribution in [0.4, 0.5) is 0 Å². The zero-order valence-corrected chi connectivity index (χ0v) is 14.1. The number of carbonyl (C=O) groups excluding carboxylic acids is 3. The summed E-state index contributed by atoms with van der Waals surface area (Å²) in [5.74, 6) is -1.37. The minimum absolute atomic E-state index is 0.225. The van der Waals surface area contributed by atoms with E-state index < -0.39 is 24.4 Å². The Morgan fingerprint density at radius 2 is 1.61 bits per heavy atom. The summed E-state index contributed by atoms with van der Waals surface area (Å²) in [5, 5.41) is 0. The molecule has 0 heterocycles. The second-order valence-corrected chi connectivity index (χ2v) is 5.05. The Balaban J connectivity index is 2.16. The van der Waals surface area contributed by atoms with Crippen molar-refractivity contribution in [3.63, 3.8) is 0 Å². The fourth-order valence-corrected chi connectivity index (χ4v) is 1.53. The highest BCUT2D eigenvalue weighted by Gasteiger charge is 2.09. The zero-order valence-electron chi connectivity index (χ0n) is 12.5. The molecular weight excluding hydrogens is 372 g/mol. The Labute approximate surface area is 141 Å². The molecule has 0 saturated heterocycles. The van der Waals surface area contributed by atoms with Crippen LogP contribution in [-0.4, -0.2) is 44.2 Å². The third-order valence-electron chi connectivity index (χ3n) is 2.31. The van der Waals surface area contributed by atoms with E-state index in [2.05, 4.69) is 31.5 Å². The molecular formula is C14H17BrN2O6. The molecule has 8 nitrogen and oxygen atoms in total. The van der Waals surface area contributed by atoms with Crippen LogP contribution in [0.15, 0.2) is 28.7 Å². The number of benzene rings is 1. The lowest BCUT2D eigenvalue weighted by atomic mass is 10.3. The lowest BCUT2D eigenvalue weighted by molar-refractivity contribution is -0.153. The molecule has 126 valence electrons. The maximum Gasteiger partial charge on any atom is 0.332 e. The van der Waals surface area contributed by atoms with Gasteiger partial charge in [-0.1, -0.05) is 15.9 Å². The summed E-state index contributed by atoms with van der Waals surface area (Å²) in [6.45, 7) is 1.09. The molecule has 0 unspecified atom stereocenters. The Hall–Kier alpha value is -2.13. The summed E-state index contributed by atoms with van der Waals surface area (Å²) in [4.78, 5) is 33.9. The van der Waals surface area contributed by atoms with Crippen molar-refractivity contribution >= 4 is 33.7 Å². The number of rotatable bonds is 8. The molecule has 2 amide bonds. The van der Waals surface area contributed by atoms with Crippen LogP contribution in [0.2, 0.25) is 0 Å². The molecule has 0 atom stereocenters. The van der Waals surface area contributed by atoms with Gasteiger partial charge >= 0.3 is 5.97 Å². The van der Waals surface area contributed by atoms with Gasteiger partial charge in [-0.05, 0) is 31.2 Å². The number of carbonyl (C=O) groups is 3. The number of hydrogen-bond acceptors (Lipinski definition) is 6. The Morgan fingerprint density at radius 3 is 2.22 bits per heavy atom. The van der Waals surface area contributed by atoms with Crippen LogP contribution in [0.3, 0.4) is 0 Å². The summed E-state index contributed by atoms with van der Waals surface area (Å²) >= 11 is 3.28. The highest BCUT2D eigenvalue weighted by molar-refractivity contribution is 9.10. The molecule has 0 aliphatic rings. The van der Waals surface area contributed by atoms with Crippen molar-refractivity contribution in [2.45, 2.75) is 6.92 Å². The van der Waals surface area contributed by atoms with Crippen LogP contribution in [0.1, 0.15) is 6.92 Å². The minimum Gasteiger partial charge on any atom is -0.484 e. The average molecular weight is 389 g/mol. The van der Waals surface area contributed by atoms with E-state index in [0.29, 0.717) is 12.4 Å². The largest absolute Gasteiger partial charge is 0.484 e. The van der Waals surface area contributed by atoms with Gasteiger partial charge in [0.05, 0.1) is 0 Å². The van der Waals surface area contributed by atoms with Crippen LogP contribution in [-0.2, 0) is 23.9 Å². The number of esters is 1. The number of nitrogens with one attached hydrogen (secondary N) is 2. The van der Waals surface area contributed by atoms with E-state index in [1.54, 1.807) is 31.2 Å². The monoisotopic (exact) mass is 388 g/mol. The first kappa shape index (κ1) is 18.9. The molecule has 0 spiro atoms. The van der Waals surface area contributed by atoms with E-state index in [1.807, 2.05) is 0 Å². The van der Waals surface area contributed by atoms with E-state index in [4.69, 9.17) is 9.47 Å². The van der Waals surface area contributed by atoms with Gasteiger partial charge in [-0.15, -0.1) is 0 Å². The van der Waals surface area contributed by atoms with Crippen LogP contribution < -0.4 is 15.6 Å². The van der Waals surface area contributed by atoms with Crippen molar-refractivity contribution in [2.75, 3.05) is 26.4 Å². The molecule has 9 heteroatoms. The lowest BCUT2D eigenvalue weighted by Gasteiger charge is -2.09. The number of halogens is 1. The average Bonchev–Trinajstić information content (AvgIpc) is 2.55. The SMILES string of the molecule is CCOCC(=O)OCC(=O)NNC(=O)COc1ccc(Br)cc1. The highest BCUT2D eigenvalue weighted by Crippen LogP contribution is 2.15. The topological polar surface area (TPSA) is 103 Å². The van der Waals surface area contributed by atoms with Gasteiger partial charge in [0.2, 0.25) is 0 Å². The molecule has 0 saturated carbocycles. The van der Waals surface area contributed by atoms with Crippen LogP contribution in [0, 0.1) is 0 Å². The molecule has 0 bridgehead atoms. The predicted molar refractivity (Wildman–Crippen MR) is 83.4 cm³/mol. The molecule has 0 aromatic heterocycles. The minimum atomic E-state index is -0.674. The maximum atomic E-state index is 11.5. The number of hydrogen-bond donors (Lipinski definition) is 2. The van der Waals surface area contributed by atoms with Gasteiger partial charge in [0.15, 0.2) is 13.2 Å². The third kappa shape index (κ3) is 8.79. The van der Waals surface area contributed by atoms with Crippen LogP contribution >= 0.6 is 15.9 Å². The summed E-state index contributed by atoms with van der Waals surface area (Å²) < 4.78 is 15.5. The van der Waals surface area contributed by atoms with E-state index in [9.17, 15) is 14.4 Å². The molecule has 1 aromatic carbocycles. The van der Waals surface area contributed by atoms with E-state index in [0.717, 1.165) is 4.47 Å². The van der Waals surface area contributed by atoms with Gasteiger partial charge < -0.3 is 14.2 Å². The van der Waals surface area contributed by atoms with Crippen LogP contribution in [0.5, 0.6) is 5.75 Å². The summed E-state index contributed by atoms with van der Waals surface area (Å²) in [6, 6.07) is 6.92. The molecule has 2 N–H and O–H groups in total. The summed E-state index contributed by atoms with van der Waals surface area (Å²) in [7, 11) is 0. The standard InChI is InChI=1S/C14H17BrN2O6/c1-2-21-9-14(20)23-8-13(19)17-16-12(18)7-22-11-5-3-10(15)4-6-11/h3-6H,2,7-9H2,1H3,(H,16,18)(H,17,19). The number of amides is 2. The van der Waals surface area contributed by atoms with Crippen LogP contribution in [0.25, 0.3) is 0 Å². The first-order chi connectivity index (χ1) is 11.0. The number of ether oxygens (including phenoxy) is 3. The van der Waals surface area contributed by atoms with E-state index in [-0.39, 0.29) is 13.2 Å². The Morgan fingerprint density at radius 1 is 1.00 bits per heavy atom. The van der Waals surface area contributed by atoms with Gasteiger partial charge in [-0.3, -0.25) is 20.4 Å². The van der Waals surface area contributed by atoms with Crippen molar-refractivity contribution in [2.24, 2.45) is 0 Å². The quantitative estimate of drug-likeness (QED) is 0.498. The first-order valence-electron chi connectivity index (χ1n) is 6.70. The fourth-order valence-electron chi connectivity index (χ4n) is 1.26. The normalized spacial score (nSPS) is 9.83. The molecule has 0 aliphatic heterocycles. The fraction of sp³-hybridized carbons (Fsp3) is 0.357. The zero-order chi connectivity index (χ0) is 17.1. The van der Waals surface area contributed by atoms with Crippen molar-refractivity contribution in [1.29, 1.82) is 0 Å².